The largest absolute Gasteiger partial charge is 0.367 e. The molecule has 0 saturated carbocycles. The number of alkyl halides is 2. The number of ketones is 1. The fourth-order valence-corrected chi connectivity index (χ4v) is 1.51. The molecule has 1 aromatic carbocycles. The monoisotopic (exact) mass is 246 g/mol. The van der Waals surface area contributed by atoms with Crippen molar-refractivity contribution in [2.24, 2.45) is 0 Å². The molecule has 1 aromatic rings. The molecular weight excluding hydrogens is 234 g/mol. The Labute approximate surface area is 97.0 Å². The van der Waals surface area contributed by atoms with Crippen molar-refractivity contribution in [2.45, 2.75) is 11.3 Å². The van der Waals surface area contributed by atoms with Gasteiger partial charge in [0.1, 0.15) is 13.2 Å². The molecule has 0 bridgehead atoms. The van der Waals surface area contributed by atoms with E-state index < -0.39 is 13.0 Å². The first kappa shape index (κ1) is 13.1. The lowest BCUT2D eigenvalue weighted by Gasteiger charge is -2.03. The summed E-state index contributed by atoms with van der Waals surface area (Å²) in [6.45, 7) is -1.00. The van der Waals surface area contributed by atoms with Crippen molar-refractivity contribution in [3.05, 3.63) is 29.8 Å². The van der Waals surface area contributed by atoms with E-state index in [2.05, 4.69) is 4.74 Å². The molecule has 0 atom stereocenters. The molecule has 0 N–H and O–H groups in total. The summed E-state index contributed by atoms with van der Waals surface area (Å²) in [4.78, 5) is 12.5. The van der Waals surface area contributed by atoms with Crippen molar-refractivity contribution >= 4 is 17.5 Å². The molecule has 0 spiro atoms. The van der Waals surface area contributed by atoms with Gasteiger partial charge in [0.15, 0.2) is 5.78 Å². The smallest absolute Gasteiger partial charge is 0.261 e. The van der Waals surface area contributed by atoms with E-state index in [9.17, 15) is 13.6 Å². The molecular formula is C11H12F2O2S. The van der Waals surface area contributed by atoms with Crippen molar-refractivity contribution in [3.8, 4) is 0 Å². The highest BCUT2D eigenvalue weighted by Crippen LogP contribution is 2.15. The maximum atomic E-state index is 11.7. The highest BCUT2D eigenvalue weighted by Gasteiger charge is 2.08. The highest BCUT2D eigenvalue weighted by atomic mass is 32.2. The molecule has 88 valence electrons. The van der Waals surface area contributed by atoms with Gasteiger partial charge in [0.25, 0.3) is 6.43 Å². The molecule has 2 nitrogen and oxygen atoms in total. The van der Waals surface area contributed by atoms with Gasteiger partial charge < -0.3 is 4.74 Å². The van der Waals surface area contributed by atoms with E-state index in [1.54, 1.807) is 23.9 Å². The number of rotatable bonds is 6. The minimum Gasteiger partial charge on any atom is -0.367 e. The third-order valence-electron chi connectivity index (χ3n) is 1.89. The summed E-state index contributed by atoms with van der Waals surface area (Å²) in [5.41, 5.74) is 0.479. The highest BCUT2D eigenvalue weighted by molar-refractivity contribution is 7.98. The number of Topliss-reactive ketones (excluding diaryl/α,β-unsaturated/α-hetero) is 1. The van der Waals surface area contributed by atoms with Gasteiger partial charge in [-0.15, -0.1) is 11.8 Å². The molecule has 0 amide bonds. The lowest BCUT2D eigenvalue weighted by atomic mass is 10.1. The van der Waals surface area contributed by atoms with Crippen LogP contribution in [0.15, 0.2) is 29.2 Å². The van der Waals surface area contributed by atoms with Crippen LogP contribution < -0.4 is 0 Å². The molecule has 0 aliphatic carbocycles. The Morgan fingerprint density at radius 2 is 2.00 bits per heavy atom. The van der Waals surface area contributed by atoms with E-state index in [4.69, 9.17) is 0 Å². The third kappa shape index (κ3) is 4.28. The average molecular weight is 246 g/mol. The summed E-state index contributed by atoms with van der Waals surface area (Å²) in [5.74, 6) is -0.284. The van der Waals surface area contributed by atoms with Crippen molar-refractivity contribution in [3.63, 3.8) is 0 Å². The second kappa shape index (κ2) is 6.60. The van der Waals surface area contributed by atoms with E-state index in [0.29, 0.717) is 5.56 Å². The molecule has 0 unspecified atom stereocenters. The van der Waals surface area contributed by atoms with Crippen molar-refractivity contribution in [1.29, 1.82) is 0 Å². The second-order valence-corrected chi connectivity index (χ2v) is 3.94. The average Bonchev–Trinajstić information content (AvgIpc) is 2.28. The van der Waals surface area contributed by atoms with Gasteiger partial charge in [-0.2, -0.15) is 0 Å². The summed E-state index contributed by atoms with van der Waals surface area (Å²) < 4.78 is 28.1. The normalized spacial score (nSPS) is 10.8. The van der Waals surface area contributed by atoms with E-state index in [0.717, 1.165) is 4.90 Å². The number of hydrogen-bond donors (Lipinski definition) is 0. The zero-order valence-electron chi connectivity index (χ0n) is 8.78. The van der Waals surface area contributed by atoms with Gasteiger partial charge in [0.2, 0.25) is 0 Å². The van der Waals surface area contributed by atoms with Crippen LogP contribution in [-0.2, 0) is 4.74 Å². The quantitative estimate of drug-likeness (QED) is 0.570. The Kier molecular flexibility index (Phi) is 5.42. The molecule has 0 aromatic heterocycles. The summed E-state index contributed by atoms with van der Waals surface area (Å²) in [5, 5.41) is 0. The number of carbonyl (C=O) groups excluding carboxylic acids is 1. The van der Waals surface area contributed by atoms with E-state index in [1.165, 1.54) is 0 Å². The molecule has 0 aliphatic rings. The summed E-state index contributed by atoms with van der Waals surface area (Å²) in [6, 6.07) is 6.95. The van der Waals surface area contributed by atoms with Crippen LogP contribution in [0.3, 0.4) is 0 Å². The first-order valence-electron chi connectivity index (χ1n) is 4.66. The van der Waals surface area contributed by atoms with Crippen molar-refractivity contribution in [2.75, 3.05) is 19.5 Å². The molecule has 0 aliphatic heterocycles. The molecule has 16 heavy (non-hydrogen) atoms. The standard InChI is InChI=1S/C11H12F2O2S/c1-16-9-4-2-8(3-5-9)10(14)6-15-7-11(12)13/h2-5,11H,6-7H2,1H3. The Morgan fingerprint density at radius 3 is 2.50 bits per heavy atom. The molecule has 0 fully saturated rings. The van der Waals surface area contributed by atoms with Gasteiger partial charge in [-0.1, -0.05) is 12.1 Å². The van der Waals surface area contributed by atoms with Crippen molar-refractivity contribution in [1.82, 2.24) is 0 Å². The van der Waals surface area contributed by atoms with Crippen LogP contribution in [0.5, 0.6) is 0 Å². The lowest BCUT2D eigenvalue weighted by Crippen LogP contribution is -2.13. The molecule has 0 radical (unpaired) electrons. The molecule has 0 heterocycles. The fourth-order valence-electron chi connectivity index (χ4n) is 1.10. The first-order chi connectivity index (χ1) is 7.63. The molecule has 0 saturated heterocycles. The van der Waals surface area contributed by atoms with Crippen LogP contribution in [0.1, 0.15) is 10.4 Å². The van der Waals surface area contributed by atoms with Gasteiger partial charge in [-0.25, -0.2) is 8.78 Å². The molecule has 1 rings (SSSR count). The maximum absolute atomic E-state index is 11.7. The van der Waals surface area contributed by atoms with Crippen molar-refractivity contribution < 1.29 is 18.3 Å². The second-order valence-electron chi connectivity index (χ2n) is 3.06. The Hall–Kier alpha value is -0.940. The van der Waals surface area contributed by atoms with E-state index in [1.807, 2.05) is 18.4 Å². The zero-order chi connectivity index (χ0) is 12.0. The Balaban J connectivity index is 2.46. The molecule has 5 heteroatoms. The number of thioether (sulfide) groups is 1. The SMILES string of the molecule is CSc1ccc(C(=O)COCC(F)F)cc1. The minimum absolute atomic E-state index is 0.284. The minimum atomic E-state index is -2.54. The van der Waals surface area contributed by atoms with Gasteiger partial charge in [0.05, 0.1) is 0 Å². The number of hydrogen-bond acceptors (Lipinski definition) is 3. The van der Waals surface area contributed by atoms with E-state index >= 15 is 0 Å². The van der Waals surface area contributed by atoms with Gasteiger partial charge >= 0.3 is 0 Å². The van der Waals surface area contributed by atoms with Gasteiger partial charge in [0, 0.05) is 10.5 Å². The maximum Gasteiger partial charge on any atom is 0.261 e. The van der Waals surface area contributed by atoms with Crippen LogP contribution in [0.2, 0.25) is 0 Å². The van der Waals surface area contributed by atoms with Gasteiger partial charge in [-0.3, -0.25) is 4.79 Å². The topological polar surface area (TPSA) is 26.3 Å². The number of halogens is 2. The number of carbonyl (C=O) groups is 1. The third-order valence-corrected chi connectivity index (χ3v) is 2.63. The van der Waals surface area contributed by atoms with Crippen LogP contribution in [-0.4, -0.2) is 31.7 Å². The van der Waals surface area contributed by atoms with Crippen LogP contribution >= 0.6 is 11.8 Å². The Bertz CT molecular complexity index is 338. The first-order valence-corrected chi connectivity index (χ1v) is 5.89. The summed E-state index contributed by atoms with van der Waals surface area (Å²) in [7, 11) is 0. The zero-order valence-corrected chi connectivity index (χ0v) is 9.60. The Morgan fingerprint density at radius 1 is 1.38 bits per heavy atom. The van der Waals surface area contributed by atoms with Gasteiger partial charge in [-0.05, 0) is 18.4 Å². The van der Waals surface area contributed by atoms with E-state index in [-0.39, 0.29) is 12.4 Å². The summed E-state index contributed by atoms with van der Waals surface area (Å²) >= 11 is 1.57. The lowest BCUT2D eigenvalue weighted by molar-refractivity contribution is 0.0196. The predicted octanol–water partition coefficient (Wildman–Crippen LogP) is 2.87. The van der Waals surface area contributed by atoms with Crippen LogP contribution in [0.25, 0.3) is 0 Å². The predicted molar refractivity (Wildman–Crippen MR) is 59.4 cm³/mol. The summed E-state index contributed by atoms with van der Waals surface area (Å²) in [6.07, 6.45) is -0.602. The fraction of sp³-hybridized carbons (Fsp3) is 0.364. The number of benzene rings is 1. The van der Waals surface area contributed by atoms with Crippen LogP contribution in [0.4, 0.5) is 8.78 Å². The number of ether oxygens (including phenoxy) is 1. The van der Waals surface area contributed by atoms with Crippen LogP contribution in [0, 0.1) is 0 Å².